The van der Waals surface area contributed by atoms with Crippen LogP contribution in [0.1, 0.15) is 43.0 Å². The summed E-state index contributed by atoms with van der Waals surface area (Å²) in [5, 5.41) is 2.81. The molecular weight excluding hydrogens is 299 g/mol. The van der Waals surface area contributed by atoms with Gasteiger partial charge in [-0.3, -0.25) is 14.5 Å². The van der Waals surface area contributed by atoms with E-state index in [1.807, 2.05) is 6.92 Å². The van der Waals surface area contributed by atoms with Crippen LogP contribution in [0.15, 0.2) is 24.3 Å². The standard InChI is InChI=1S/C17H19FN2O3/c1-11-4-2-3-9-17(11)15(22)20(16(23)19-17)10-14(21)12-5-7-13(18)8-6-12/h5-8,11H,2-4,9-10H2,1H3,(H,19,23)/t11-,17-/m1/s1. The largest absolute Gasteiger partial charge is 0.325 e. The van der Waals surface area contributed by atoms with Crippen molar-refractivity contribution in [2.24, 2.45) is 5.92 Å². The van der Waals surface area contributed by atoms with Crippen molar-refractivity contribution < 1.29 is 18.8 Å². The molecule has 1 spiro atoms. The Hall–Kier alpha value is -2.24. The van der Waals surface area contributed by atoms with Crippen LogP contribution < -0.4 is 5.32 Å². The van der Waals surface area contributed by atoms with E-state index in [1.54, 1.807) is 0 Å². The van der Waals surface area contributed by atoms with Crippen molar-refractivity contribution in [3.63, 3.8) is 0 Å². The molecule has 3 amide bonds. The van der Waals surface area contributed by atoms with Crippen LogP contribution in [-0.2, 0) is 4.79 Å². The number of nitrogens with one attached hydrogen (secondary N) is 1. The first-order valence-electron chi connectivity index (χ1n) is 7.87. The van der Waals surface area contributed by atoms with E-state index in [4.69, 9.17) is 0 Å². The molecule has 0 unspecified atom stereocenters. The van der Waals surface area contributed by atoms with Gasteiger partial charge >= 0.3 is 6.03 Å². The fourth-order valence-corrected chi connectivity index (χ4v) is 3.51. The van der Waals surface area contributed by atoms with Gasteiger partial charge < -0.3 is 5.32 Å². The van der Waals surface area contributed by atoms with Crippen LogP contribution in [0.3, 0.4) is 0 Å². The molecule has 0 radical (unpaired) electrons. The maximum Gasteiger partial charge on any atom is 0.325 e. The van der Waals surface area contributed by atoms with E-state index in [2.05, 4.69) is 5.32 Å². The van der Waals surface area contributed by atoms with Gasteiger partial charge in [0.15, 0.2) is 5.78 Å². The summed E-state index contributed by atoms with van der Waals surface area (Å²) in [6.45, 7) is 1.65. The summed E-state index contributed by atoms with van der Waals surface area (Å²) in [5.41, 5.74) is -0.581. The Morgan fingerprint density at radius 2 is 2.00 bits per heavy atom. The number of urea groups is 1. The van der Waals surface area contributed by atoms with Crippen molar-refractivity contribution in [3.05, 3.63) is 35.6 Å². The fourth-order valence-electron chi connectivity index (χ4n) is 3.51. The Bertz CT molecular complexity index is 658. The van der Waals surface area contributed by atoms with Crippen molar-refractivity contribution in [2.45, 2.75) is 38.1 Å². The first-order chi connectivity index (χ1) is 10.9. The molecule has 1 heterocycles. The number of Topliss-reactive ketones (excluding diaryl/α,β-unsaturated/α-hetero) is 1. The first-order valence-corrected chi connectivity index (χ1v) is 7.87. The van der Waals surface area contributed by atoms with Crippen molar-refractivity contribution in [1.82, 2.24) is 10.2 Å². The maximum absolute atomic E-state index is 12.9. The normalized spacial score (nSPS) is 27.4. The molecule has 1 aliphatic carbocycles. The minimum atomic E-state index is -0.863. The number of hydrogen-bond acceptors (Lipinski definition) is 3. The number of nitrogens with zero attached hydrogens (tertiary/aromatic N) is 1. The third-order valence-electron chi connectivity index (χ3n) is 4.97. The zero-order chi connectivity index (χ0) is 16.6. The third kappa shape index (κ3) is 2.62. The van der Waals surface area contributed by atoms with E-state index in [-0.39, 0.29) is 29.7 Å². The number of carbonyl (C=O) groups excluding carboxylic acids is 3. The molecule has 23 heavy (non-hydrogen) atoms. The Balaban J connectivity index is 1.78. The van der Waals surface area contributed by atoms with Gasteiger partial charge in [0.25, 0.3) is 5.91 Å². The molecule has 1 aliphatic heterocycles. The number of hydrogen-bond donors (Lipinski definition) is 1. The molecule has 0 bridgehead atoms. The molecular formula is C17H19FN2O3. The summed E-state index contributed by atoms with van der Waals surface area (Å²) >= 11 is 0. The average Bonchev–Trinajstić information content (AvgIpc) is 2.76. The summed E-state index contributed by atoms with van der Waals surface area (Å²) < 4.78 is 12.9. The number of rotatable bonds is 3. The predicted octanol–water partition coefficient (Wildman–Crippen LogP) is 2.51. The van der Waals surface area contributed by atoms with Crippen LogP contribution in [-0.4, -0.2) is 34.7 Å². The summed E-state index contributed by atoms with van der Waals surface area (Å²) in [7, 11) is 0. The Morgan fingerprint density at radius 3 is 2.65 bits per heavy atom. The van der Waals surface area contributed by atoms with Gasteiger partial charge in [0.1, 0.15) is 11.4 Å². The SMILES string of the molecule is C[C@@H]1CCCC[C@@]12NC(=O)N(CC(=O)c1ccc(F)cc1)C2=O. The highest BCUT2D eigenvalue weighted by Crippen LogP contribution is 2.38. The molecule has 1 saturated carbocycles. The quantitative estimate of drug-likeness (QED) is 0.688. The van der Waals surface area contributed by atoms with E-state index < -0.39 is 17.4 Å². The molecule has 1 N–H and O–H groups in total. The number of benzene rings is 1. The molecule has 6 heteroatoms. The monoisotopic (exact) mass is 318 g/mol. The van der Waals surface area contributed by atoms with Gasteiger partial charge in [0, 0.05) is 5.56 Å². The molecule has 1 aromatic carbocycles. The minimum Gasteiger partial charge on any atom is -0.323 e. The number of ketones is 1. The third-order valence-corrected chi connectivity index (χ3v) is 4.97. The highest BCUT2D eigenvalue weighted by molar-refractivity contribution is 6.11. The number of imide groups is 1. The van der Waals surface area contributed by atoms with Crippen LogP contribution in [0.4, 0.5) is 9.18 Å². The van der Waals surface area contributed by atoms with Crippen LogP contribution in [0.2, 0.25) is 0 Å². The van der Waals surface area contributed by atoms with Crippen molar-refractivity contribution in [2.75, 3.05) is 6.54 Å². The van der Waals surface area contributed by atoms with Gasteiger partial charge in [0.2, 0.25) is 0 Å². The molecule has 1 saturated heterocycles. The summed E-state index contributed by atoms with van der Waals surface area (Å²) in [6.07, 6.45) is 3.42. The van der Waals surface area contributed by atoms with Crippen LogP contribution in [0.25, 0.3) is 0 Å². The Kier molecular flexibility index (Phi) is 3.92. The van der Waals surface area contributed by atoms with Gasteiger partial charge in [-0.05, 0) is 43.0 Å². The second kappa shape index (κ2) is 5.76. The minimum absolute atomic E-state index is 0.0543. The lowest BCUT2D eigenvalue weighted by Crippen LogP contribution is -2.54. The predicted molar refractivity (Wildman–Crippen MR) is 81.3 cm³/mol. The molecule has 3 rings (SSSR count). The fraction of sp³-hybridized carbons (Fsp3) is 0.471. The van der Waals surface area contributed by atoms with Crippen LogP contribution >= 0.6 is 0 Å². The van der Waals surface area contributed by atoms with Crippen LogP contribution in [0.5, 0.6) is 0 Å². The Labute approximate surface area is 133 Å². The lowest BCUT2D eigenvalue weighted by Gasteiger charge is -2.36. The van der Waals surface area contributed by atoms with E-state index in [1.165, 1.54) is 24.3 Å². The highest BCUT2D eigenvalue weighted by Gasteiger charge is 2.55. The maximum atomic E-state index is 12.9. The lowest BCUT2D eigenvalue weighted by molar-refractivity contribution is -0.133. The van der Waals surface area contributed by atoms with Gasteiger partial charge in [-0.15, -0.1) is 0 Å². The summed E-state index contributed by atoms with van der Waals surface area (Å²) in [4.78, 5) is 38.2. The molecule has 2 fully saturated rings. The molecule has 1 aromatic rings. The van der Waals surface area contributed by atoms with E-state index in [9.17, 15) is 18.8 Å². The van der Waals surface area contributed by atoms with Gasteiger partial charge in [0.05, 0.1) is 6.54 Å². The molecule has 122 valence electrons. The molecule has 2 atom stereocenters. The van der Waals surface area contributed by atoms with Gasteiger partial charge in [-0.25, -0.2) is 9.18 Å². The molecule has 5 nitrogen and oxygen atoms in total. The van der Waals surface area contributed by atoms with Crippen molar-refractivity contribution in [1.29, 1.82) is 0 Å². The lowest BCUT2D eigenvalue weighted by atomic mass is 9.73. The summed E-state index contributed by atoms with van der Waals surface area (Å²) in [6, 6.07) is 4.57. The average molecular weight is 318 g/mol. The molecule has 2 aliphatic rings. The molecule has 0 aromatic heterocycles. The van der Waals surface area contributed by atoms with Crippen molar-refractivity contribution >= 4 is 17.7 Å². The smallest absolute Gasteiger partial charge is 0.323 e. The zero-order valence-electron chi connectivity index (χ0n) is 13.0. The number of carbonyl (C=O) groups is 3. The zero-order valence-corrected chi connectivity index (χ0v) is 13.0. The number of amides is 3. The van der Waals surface area contributed by atoms with Gasteiger partial charge in [-0.2, -0.15) is 0 Å². The van der Waals surface area contributed by atoms with Gasteiger partial charge in [-0.1, -0.05) is 19.8 Å². The second-order valence-corrected chi connectivity index (χ2v) is 6.37. The number of halogens is 1. The van der Waals surface area contributed by atoms with Crippen molar-refractivity contribution in [3.8, 4) is 0 Å². The Morgan fingerprint density at radius 1 is 1.30 bits per heavy atom. The van der Waals surface area contributed by atoms with E-state index >= 15 is 0 Å². The second-order valence-electron chi connectivity index (χ2n) is 6.37. The first kappa shape index (κ1) is 15.6. The summed E-state index contributed by atoms with van der Waals surface area (Å²) in [5.74, 6) is -1.08. The van der Waals surface area contributed by atoms with E-state index in [0.29, 0.717) is 6.42 Å². The van der Waals surface area contributed by atoms with Crippen LogP contribution in [0, 0.1) is 11.7 Å². The topological polar surface area (TPSA) is 66.5 Å². The van der Waals surface area contributed by atoms with E-state index in [0.717, 1.165) is 24.2 Å². The highest BCUT2D eigenvalue weighted by atomic mass is 19.1.